The molecular weight excluding hydrogens is 234 g/mol. The van der Waals surface area contributed by atoms with E-state index >= 15 is 0 Å². The smallest absolute Gasteiger partial charge is 0.118 e. The standard InChI is InChI=1S/C17H25NO/c1-3-16(12-8-10-15(19-2)11-9-12)18-17(13-4-5-13)14-6-7-14/h8-11,13-14,16-18H,3-7H2,1-2H3. The maximum atomic E-state index is 5.24. The van der Waals surface area contributed by atoms with Gasteiger partial charge in [0, 0.05) is 12.1 Å². The molecule has 0 heterocycles. The summed E-state index contributed by atoms with van der Waals surface area (Å²) in [7, 11) is 1.72. The van der Waals surface area contributed by atoms with Crippen LogP contribution in [0.15, 0.2) is 24.3 Å². The number of hydrogen-bond donors (Lipinski definition) is 1. The SMILES string of the molecule is CCC(NC(C1CC1)C1CC1)c1ccc(OC)cc1. The second-order valence-corrected chi connectivity index (χ2v) is 6.10. The fourth-order valence-electron chi connectivity index (χ4n) is 3.09. The molecule has 2 aliphatic rings. The molecule has 1 N–H and O–H groups in total. The number of benzene rings is 1. The number of methoxy groups -OCH3 is 1. The van der Waals surface area contributed by atoms with Crippen molar-refractivity contribution in [2.45, 2.75) is 51.1 Å². The first-order chi connectivity index (χ1) is 9.31. The van der Waals surface area contributed by atoms with Gasteiger partial charge in [-0.3, -0.25) is 0 Å². The summed E-state index contributed by atoms with van der Waals surface area (Å²) in [4.78, 5) is 0. The molecule has 2 saturated carbocycles. The van der Waals surface area contributed by atoms with Crippen molar-refractivity contribution in [3.8, 4) is 5.75 Å². The van der Waals surface area contributed by atoms with Crippen LogP contribution < -0.4 is 10.1 Å². The highest BCUT2D eigenvalue weighted by molar-refractivity contribution is 5.29. The van der Waals surface area contributed by atoms with E-state index in [9.17, 15) is 0 Å². The molecule has 1 unspecified atom stereocenters. The third kappa shape index (κ3) is 3.11. The number of rotatable bonds is 7. The molecule has 0 aromatic heterocycles. The second-order valence-electron chi connectivity index (χ2n) is 6.10. The summed E-state index contributed by atoms with van der Waals surface area (Å²) < 4.78 is 5.24. The van der Waals surface area contributed by atoms with Crippen LogP contribution in [0.1, 0.15) is 50.6 Å². The van der Waals surface area contributed by atoms with Gasteiger partial charge in [0.2, 0.25) is 0 Å². The minimum Gasteiger partial charge on any atom is -0.497 e. The van der Waals surface area contributed by atoms with Gasteiger partial charge in [0.15, 0.2) is 0 Å². The molecule has 2 fully saturated rings. The molecule has 0 saturated heterocycles. The summed E-state index contributed by atoms with van der Waals surface area (Å²) in [6.07, 6.45) is 6.91. The van der Waals surface area contributed by atoms with Crippen molar-refractivity contribution in [1.29, 1.82) is 0 Å². The average Bonchev–Trinajstić information content (AvgIpc) is 3.32. The highest BCUT2D eigenvalue weighted by Gasteiger charge is 2.42. The van der Waals surface area contributed by atoms with E-state index in [1.807, 2.05) is 0 Å². The fraction of sp³-hybridized carbons (Fsp3) is 0.647. The van der Waals surface area contributed by atoms with E-state index < -0.39 is 0 Å². The number of ether oxygens (including phenoxy) is 1. The first-order valence-electron chi connectivity index (χ1n) is 7.71. The monoisotopic (exact) mass is 259 g/mol. The Morgan fingerprint density at radius 2 is 1.68 bits per heavy atom. The predicted molar refractivity (Wildman–Crippen MR) is 78.4 cm³/mol. The van der Waals surface area contributed by atoms with E-state index in [1.54, 1.807) is 7.11 Å². The van der Waals surface area contributed by atoms with Gasteiger partial charge in [-0.2, -0.15) is 0 Å². The summed E-state index contributed by atoms with van der Waals surface area (Å²) in [6, 6.07) is 9.82. The lowest BCUT2D eigenvalue weighted by Gasteiger charge is -2.25. The molecule has 3 rings (SSSR count). The highest BCUT2D eigenvalue weighted by atomic mass is 16.5. The summed E-state index contributed by atoms with van der Waals surface area (Å²) in [6.45, 7) is 2.28. The molecule has 19 heavy (non-hydrogen) atoms. The summed E-state index contributed by atoms with van der Waals surface area (Å²) in [5.74, 6) is 2.86. The molecular formula is C17H25NO. The van der Waals surface area contributed by atoms with Crippen molar-refractivity contribution in [1.82, 2.24) is 5.32 Å². The van der Waals surface area contributed by atoms with Crippen molar-refractivity contribution >= 4 is 0 Å². The van der Waals surface area contributed by atoms with E-state index in [4.69, 9.17) is 4.74 Å². The molecule has 0 radical (unpaired) electrons. The van der Waals surface area contributed by atoms with Gasteiger partial charge in [-0.1, -0.05) is 19.1 Å². The van der Waals surface area contributed by atoms with E-state index in [-0.39, 0.29) is 0 Å². The van der Waals surface area contributed by atoms with Gasteiger partial charge in [0.25, 0.3) is 0 Å². The molecule has 2 nitrogen and oxygen atoms in total. The van der Waals surface area contributed by atoms with Crippen LogP contribution in [0.2, 0.25) is 0 Å². The third-order valence-electron chi connectivity index (χ3n) is 4.58. The molecule has 1 atom stereocenters. The maximum Gasteiger partial charge on any atom is 0.118 e. The molecule has 104 valence electrons. The predicted octanol–water partition coefficient (Wildman–Crippen LogP) is 3.92. The lowest BCUT2D eigenvalue weighted by Crippen LogP contribution is -2.36. The molecule has 0 amide bonds. The summed E-state index contributed by atoms with van der Waals surface area (Å²) in [5.41, 5.74) is 1.40. The molecule has 0 aliphatic heterocycles. The van der Waals surface area contributed by atoms with Gasteiger partial charge in [0.05, 0.1) is 7.11 Å². The Morgan fingerprint density at radius 3 is 2.11 bits per heavy atom. The highest BCUT2D eigenvalue weighted by Crippen LogP contribution is 2.45. The Balaban J connectivity index is 1.67. The van der Waals surface area contributed by atoms with E-state index in [0.29, 0.717) is 6.04 Å². The molecule has 0 spiro atoms. The molecule has 2 aliphatic carbocycles. The van der Waals surface area contributed by atoms with Crippen molar-refractivity contribution in [2.75, 3.05) is 7.11 Å². The van der Waals surface area contributed by atoms with E-state index in [0.717, 1.165) is 30.0 Å². The van der Waals surface area contributed by atoms with Crippen LogP contribution in [0.5, 0.6) is 5.75 Å². The van der Waals surface area contributed by atoms with Gasteiger partial charge in [-0.15, -0.1) is 0 Å². The zero-order valence-corrected chi connectivity index (χ0v) is 12.1. The van der Waals surface area contributed by atoms with Crippen LogP contribution in [0.25, 0.3) is 0 Å². The normalized spacial score (nSPS) is 20.6. The molecule has 2 heteroatoms. The van der Waals surface area contributed by atoms with Gasteiger partial charge >= 0.3 is 0 Å². The minimum absolute atomic E-state index is 0.497. The number of nitrogens with one attached hydrogen (secondary N) is 1. The number of hydrogen-bond acceptors (Lipinski definition) is 2. The zero-order chi connectivity index (χ0) is 13.2. The fourth-order valence-corrected chi connectivity index (χ4v) is 3.09. The minimum atomic E-state index is 0.497. The Hall–Kier alpha value is -1.02. The van der Waals surface area contributed by atoms with Crippen LogP contribution in [-0.2, 0) is 0 Å². The van der Waals surface area contributed by atoms with Crippen molar-refractivity contribution in [2.24, 2.45) is 11.8 Å². The average molecular weight is 259 g/mol. The third-order valence-corrected chi connectivity index (χ3v) is 4.58. The first kappa shape index (κ1) is 13.0. The Bertz CT molecular complexity index is 394. The topological polar surface area (TPSA) is 21.3 Å². The maximum absolute atomic E-state index is 5.24. The second kappa shape index (κ2) is 5.54. The van der Waals surface area contributed by atoms with Gasteiger partial charge in [-0.05, 0) is 61.6 Å². The summed E-state index contributed by atoms with van der Waals surface area (Å²) >= 11 is 0. The van der Waals surface area contributed by atoms with E-state index in [2.05, 4.69) is 36.5 Å². The molecule has 0 bridgehead atoms. The van der Waals surface area contributed by atoms with Gasteiger partial charge in [0.1, 0.15) is 5.75 Å². The lowest BCUT2D eigenvalue weighted by molar-refractivity contribution is 0.359. The lowest BCUT2D eigenvalue weighted by atomic mass is 10.00. The quantitative estimate of drug-likeness (QED) is 0.801. The first-order valence-corrected chi connectivity index (χ1v) is 7.71. The van der Waals surface area contributed by atoms with Crippen LogP contribution in [-0.4, -0.2) is 13.2 Å². The zero-order valence-electron chi connectivity index (χ0n) is 12.1. The van der Waals surface area contributed by atoms with Crippen LogP contribution in [0.3, 0.4) is 0 Å². The Labute approximate surface area is 116 Å². The Kier molecular flexibility index (Phi) is 3.79. The van der Waals surface area contributed by atoms with Crippen molar-refractivity contribution in [3.05, 3.63) is 29.8 Å². The van der Waals surface area contributed by atoms with Gasteiger partial charge in [-0.25, -0.2) is 0 Å². The van der Waals surface area contributed by atoms with Crippen LogP contribution in [0.4, 0.5) is 0 Å². The van der Waals surface area contributed by atoms with Crippen molar-refractivity contribution < 1.29 is 4.74 Å². The molecule has 1 aromatic carbocycles. The molecule has 1 aromatic rings. The largest absolute Gasteiger partial charge is 0.497 e. The van der Waals surface area contributed by atoms with Gasteiger partial charge < -0.3 is 10.1 Å². The van der Waals surface area contributed by atoms with Crippen LogP contribution in [0, 0.1) is 11.8 Å². The van der Waals surface area contributed by atoms with Crippen molar-refractivity contribution in [3.63, 3.8) is 0 Å². The summed E-state index contributed by atoms with van der Waals surface area (Å²) in [5, 5.41) is 3.94. The Morgan fingerprint density at radius 1 is 1.11 bits per heavy atom. The van der Waals surface area contributed by atoms with E-state index in [1.165, 1.54) is 31.2 Å². The van der Waals surface area contributed by atoms with Crippen LogP contribution >= 0.6 is 0 Å².